The molecule has 0 fully saturated rings. The van der Waals surface area contributed by atoms with Crippen LogP contribution in [0.2, 0.25) is 0 Å². The van der Waals surface area contributed by atoms with Gasteiger partial charge in [-0.05, 0) is 25.3 Å². The number of phenolic OH excluding ortho intramolecular Hbond substituents is 1. The Kier molecular flexibility index (Phi) is 12.8. The normalized spacial score (nSPS) is 10.6. The van der Waals surface area contributed by atoms with Gasteiger partial charge in [-0.15, -0.1) is 0 Å². The van der Waals surface area contributed by atoms with Gasteiger partial charge in [-0.1, -0.05) is 59.3 Å². The van der Waals surface area contributed by atoms with Gasteiger partial charge in [0.05, 0.1) is 11.1 Å². The number of benzene rings is 1. The highest BCUT2D eigenvalue weighted by Gasteiger charge is 2.30. The fraction of sp³-hybridized carbons (Fsp3) is 0.600. The van der Waals surface area contributed by atoms with Crippen LogP contribution in [0.15, 0.2) is 6.07 Å². The van der Waals surface area contributed by atoms with Gasteiger partial charge in [0.1, 0.15) is 0 Å². The lowest BCUT2D eigenvalue weighted by Gasteiger charge is -2.17. The van der Waals surface area contributed by atoms with Crippen LogP contribution in [0.1, 0.15) is 119 Å². The predicted octanol–water partition coefficient (Wildman–Crippen LogP) is 5.82. The smallest absolute Gasteiger partial charge is 0.336 e. The molecule has 0 heterocycles. The van der Waals surface area contributed by atoms with Gasteiger partial charge in [0.2, 0.25) is 5.75 Å². The van der Waals surface area contributed by atoms with E-state index in [0.717, 1.165) is 44.6 Å². The SMILES string of the molecule is CCCCCC(=O)Oc1c(O)cc(C(=O)O)c(C(=O)CCCCC)c1OC(=O)CCCCC. The molecular formula is C25H36O8. The Balaban J connectivity index is 3.45. The summed E-state index contributed by atoms with van der Waals surface area (Å²) in [5.74, 6) is -5.07. The summed E-state index contributed by atoms with van der Waals surface area (Å²) in [6, 6.07) is 0.860. The van der Waals surface area contributed by atoms with Gasteiger partial charge in [-0.25, -0.2) is 4.79 Å². The number of esters is 2. The summed E-state index contributed by atoms with van der Waals surface area (Å²) in [4.78, 5) is 49.6. The van der Waals surface area contributed by atoms with Gasteiger partial charge >= 0.3 is 17.9 Å². The zero-order valence-electron chi connectivity index (χ0n) is 19.9. The van der Waals surface area contributed by atoms with Crippen molar-refractivity contribution in [3.05, 3.63) is 17.2 Å². The van der Waals surface area contributed by atoms with Crippen molar-refractivity contribution in [2.24, 2.45) is 0 Å². The molecule has 33 heavy (non-hydrogen) atoms. The minimum atomic E-state index is -1.46. The molecule has 0 atom stereocenters. The van der Waals surface area contributed by atoms with Crippen LogP contribution >= 0.6 is 0 Å². The molecule has 0 amide bonds. The fourth-order valence-corrected chi connectivity index (χ4v) is 3.30. The van der Waals surface area contributed by atoms with E-state index in [1.807, 2.05) is 20.8 Å². The zero-order chi connectivity index (χ0) is 24.8. The van der Waals surface area contributed by atoms with Crippen LogP contribution in [0.3, 0.4) is 0 Å². The molecule has 0 bridgehead atoms. The topological polar surface area (TPSA) is 127 Å². The maximum atomic E-state index is 13.0. The van der Waals surface area contributed by atoms with Gasteiger partial charge in [-0.2, -0.15) is 0 Å². The molecule has 0 unspecified atom stereocenters. The van der Waals surface area contributed by atoms with E-state index in [4.69, 9.17) is 9.47 Å². The molecule has 0 saturated carbocycles. The molecular weight excluding hydrogens is 428 g/mol. The molecule has 2 N–H and O–H groups in total. The number of carbonyl (C=O) groups is 4. The number of aromatic hydroxyl groups is 1. The molecule has 0 aliphatic carbocycles. The maximum absolute atomic E-state index is 13.0. The molecule has 1 aromatic carbocycles. The summed E-state index contributed by atoms with van der Waals surface area (Å²) >= 11 is 0. The van der Waals surface area contributed by atoms with Crippen LogP contribution in [-0.2, 0) is 9.59 Å². The van der Waals surface area contributed by atoms with Crippen molar-refractivity contribution in [1.82, 2.24) is 0 Å². The zero-order valence-corrected chi connectivity index (χ0v) is 19.9. The highest BCUT2D eigenvalue weighted by Crippen LogP contribution is 2.43. The lowest BCUT2D eigenvalue weighted by atomic mass is 9.97. The number of ketones is 1. The van der Waals surface area contributed by atoms with Gasteiger partial charge < -0.3 is 19.7 Å². The first kappa shape index (κ1) is 28.1. The minimum Gasteiger partial charge on any atom is -0.504 e. The van der Waals surface area contributed by atoms with E-state index in [0.29, 0.717) is 19.3 Å². The molecule has 0 aliphatic heterocycles. The standard InChI is InChI=1S/C25H36O8/c1-4-7-10-13-18(26)22-17(25(30)31)16-19(27)23(32-20(28)14-11-8-5-2)24(22)33-21(29)15-12-9-6-3/h16,27H,4-15H2,1-3H3,(H,30,31). The minimum absolute atomic E-state index is 0.0309. The summed E-state index contributed by atoms with van der Waals surface area (Å²) in [5, 5.41) is 20.1. The first-order valence-corrected chi connectivity index (χ1v) is 11.8. The van der Waals surface area contributed by atoms with E-state index in [9.17, 15) is 29.4 Å². The molecule has 8 heteroatoms. The summed E-state index contributed by atoms with van der Waals surface area (Å²) in [7, 11) is 0. The summed E-state index contributed by atoms with van der Waals surface area (Å²) in [6.07, 6.45) is 6.76. The number of Topliss-reactive ketones (excluding diaryl/α,β-unsaturated/α-hetero) is 1. The second-order valence-electron chi connectivity index (χ2n) is 8.02. The Hall–Kier alpha value is -2.90. The number of hydrogen-bond donors (Lipinski definition) is 2. The lowest BCUT2D eigenvalue weighted by molar-refractivity contribution is -0.137. The number of hydrogen-bond acceptors (Lipinski definition) is 7. The number of rotatable bonds is 16. The van der Waals surface area contributed by atoms with E-state index in [1.54, 1.807) is 0 Å². The van der Waals surface area contributed by atoms with Crippen LogP contribution in [0.25, 0.3) is 0 Å². The molecule has 8 nitrogen and oxygen atoms in total. The van der Waals surface area contributed by atoms with E-state index in [1.165, 1.54) is 0 Å². The molecule has 0 radical (unpaired) electrons. The largest absolute Gasteiger partial charge is 0.504 e. The third-order valence-corrected chi connectivity index (χ3v) is 5.13. The Morgan fingerprint density at radius 3 is 1.64 bits per heavy atom. The quantitative estimate of drug-likeness (QED) is 0.135. The van der Waals surface area contributed by atoms with Crippen molar-refractivity contribution >= 4 is 23.7 Å². The van der Waals surface area contributed by atoms with Crippen LogP contribution < -0.4 is 9.47 Å². The first-order valence-electron chi connectivity index (χ1n) is 11.8. The second kappa shape index (κ2) is 15.0. The van der Waals surface area contributed by atoms with Crippen LogP contribution in [0.5, 0.6) is 17.2 Å². The predicted molar refractivity (Wildman–Crippen MR) is 123 cm³/mol. The van der Waals surface area contributed by atoms with Crippen molar-refractivity contribution in [1.29, 1.82) is 0 Å². The molecule has 0 saturated heterocycles. The van der Waals surface area contributed by atoms with Crippen molar-refractivity contribution in [2.45, 2.75) is 97.8 Å². The fourth-order valence-electron chi connectivity index (χ4n) is 3.30. The van der Waals surface area contributed by atoms with Gasteiger partial charge in [-0.3, -0.25) is 14.4 Å². The highest BCUT2D eigenvalue weighted by molar-refractivity contribution is 6.09. The van der Waals surface area contributed by atoms with E-state index >= 15 is 0 Å². The Morgan fingerprint density at radius 2 is 1.18 bits per heavy atom. The summed E-state index contributed by atoms with van der Waals surface area (Å²) in [5.41, 5.74) is -0.868. The first-order chi connectivity index (χ1) is 15.8. The molecule has 1 aromatic rings. The van der Waals surface area contributed by atoms with Gasteiger partial charge in [0.25, 0.3) is 0 Å². The van der Waals surface area contributed by atoms with Crippen LogP contribution in [-0.4, -0.2) is 33.9 Å². The Morgan fingerprint density at radius 1 is 0.727 bits per heavy atom. The molecule has 1 rings (SSSR count). The van der Waals surface area contributed by atoms with E-state index in [-0.39, 0.29) is 24.8 Å². The molecule has 0 spiro atoms. The van der Waals surface area contributed by atoms with E-state index in [2.05, 4.69) is 0 Å². The molecule has 184 valence electrons. The number of aromatic carboxylic acids is 1. The Labute approximate surface area is 195 Å². The lowest BCUT2D eigenvalue weighted by Crippen LogP contribution is -2.18. The van der Waals surface area contributed by atoms with Crippen LogP contribution in [0, 0.1) is 0 Å². The second-order valence-corrected chi connectivity index (χ2v) is 8.02. The maximum Gasteiger partial charge on any atom is 0.336 e. The van der Waals surface area contributed by atoms with Crippen molar-refractivity contribution in [3.63, 3.8) is 0 Å². The monoisotopic (exact) mass is 464 g/mol. The van der Waals surface area contributed by atoms with Gasteiger partial charge in [0.15, 0.2) is 17.3 Å². The van der Waals surface area contributed by atoms with Gasteiger partial charge in [0, 0.05) is 19.3 Å². The van der Waals surface area contributed by atoms with Crippen molar-refractivity contribution < 1.29 is 38.9 Å². The Bertz CT molecular complexity index is 828. The third kappa shape index (κ3) is 9.24. The average Bonchev–Trinajstić information content (AvgIpc) is 2.76. The number of carboxylic acid groups (broad SMARTS) is 1. The van der Waals surface area contributed by atoms with E-state index < -0.39 is 46.5 Å². The highest BCUT2D eigenvalue weighted by atomic mass is 16.6. The number of phenols is 1. The van der Waals surface area contributed by atoms with Crippen molar-refractivity contribution in [3.8, 4) is 17.2 Å². The van der Waals surface area contributed by atoms with Crippen molar-refractivity contribution in [2.75, 3.05) is 0 Å². The van der Waals surface area contributed by atoms with Crippen LogP contribution in [0.4, 0.5) is 0 Å². The summed E-state index contributed by atoms with van der Waals surface area (Å²) < 4.78 is 10.7. The molecule has 0 aromatic heterocycles. The molecule has 0 aliphatic rings. The third-order valence-electron chi connectivity index (χ3n) is 5.13. The average molecular weight is 465 g/mol. The summed E-state index contributed by atoms with van der Waals surface area (Å²) in [6.45, 7) is 5.92. The number of unbranched alkanes of at least 4 members (excludes halogenated alkanes) is 6. The number of carboxylic acids is 1. The number of carbonyl (C=O) groups excluding carboxylic acids is 3. The number of ether oxygens (including phenoxy) is 2.